The third kappa shape index (κ3) is 32.0. The molecule has 0 aromatic rings. The summed E-state index contributed by atoms with van der Waals surface area (Å²) in [6.07, 6.45) is 22.3. The van der Waals surface area contributed by atoms with Crippen LogP contribution in [0, 0.1) is 23.2 Å². The molecule has 5 heteroatoms. The molecule has 0 spiro atoms. The van der Waals surface area contributed by atoms with Crippen LogP contribution in [-0.2, 0) is 9.05 Å². The van der Waals surface area contributed by atoms with Crippen LogP contribution < -0.4 is 5.50 Å². The van der Waals surface area contributed by atoms with Gasteiger partial charge in [-0.3, -0.25) is 5.50 Å². The lowest BCUT2D eigenvalue weighted by Crippen LogP contribution is -2.01. The van der Waals surface area contributed by atoms with Crippen LogP contribution in [0.15, 0.2) is 0 Å². The summed E-state index contributed by atoms with van der Waals surface area (Å²) >= 11 is 0. The van der Waals surface area contributed by atoms with Gasteiger partial charge in [-0.25, -0.2) is 0 Å². The van der Waals surface area contributed by atoms with Crippen LogP contribution in [0.4, 0.5) is 0 Å². The van der Waals surface area contributed by atoms with E-state index in [1.807, 2.05) is 6.07 Å². The molecule has 0 radical (unpaired) electrons. The maximum atomic E-state index is 8.41. The van der Waals surface area contributed by atoms with Crippen LogP contribution >= 0.6 is 8.53 Å². The molecule has 4 nitrogen and oxygen atoms in total. The SMILES string of the molecule is CC(C)C(C)C.CCCCCCCCCCCCCCCCCCOP(N)OCCC#N. The zero-order valence-electron chi connectivity index (χ0n) is 22.4. The van der Waals surface area contributed by atoms with Crippen LogP contribution in [0.2, 0.25) is 0 Å². The van der Waals surface area contributed by atoms with Gasteiger partial charge in [0.05, 0.1) is 25.7 Å². The van der Waals surface area contributed by atoms with Gasteiger partial charge in [0.25, 0.3) is 8.53 Å². The molecule has 0 heterocycles. The molecule has 0 aromatic carbocycles. The molecule has 192 valence electrons. The van der Waals surface area contributed by atoms with Gasteiger partial charge in [0.1, 0.15) is 0 Å². The average molecular weight is 473 g/mol. The van der Waals surface area contributed by atoms with E-state index >= 15 is 0 Å². The molecule has 0 rings (SSSR count). The van der Waals surface area contributed by atoms with Crippen LogP contribution in [0.3, 0.4) is 0 Å². The minimum atomic E-state index is -1.29. The number of nitriles is 1. The average Bonchev–Trinajstić information content (AvgIpc) is 2.76. The molecule has 0 bridgehead atoms. The highest BCUT2D eigenvalue weighted by atomic mass is 31.2. The monoisotopic (exact) mass is 472 g/mol. The van der Waals surface area contributed by atoms with E-state index in [4.69, 9.17) is 19.8 Å². The molecule has 2 N–H and O–H groups in total. The van der Waals surface area contributed by atoms with Crippen LogP contribution in [0.1, 0.15) is 144 Å². The lowest BCUT2D eigenvalue weighted by atomic mass is 10.0. The maximum absolute atomic E-state index is 8.41. The summed E-state index contributed by atoms with van der Waals surface area (Å²) in [6.45, 7) is 12.3. The Balaban J connectivity index is 0. The van der Waals surface area contributed by atoms with Crippen molar-refractivity contribution in [3.63, 3.8) is 0 Å². The van der Waals surface area contributed by atoms with Crippen molar-refractivity contribution in [3.8, 4) is 6.07 Å². The fourth-order valence-corrected chi connectivity index (χ4v) is 3.68. The van der Waals surface area contributed by atoms with Crippen molar-refractivity contribution in [1.82, 2.24) is 0 Å². The summed E-state index contributed by atoms with van der Waals surface area (Å²) in [5.74, 6) is 1.70. The zero-order valence-corrected chi connectivity index (χ0v) is 23.3. The predicted molar refractivity (Wildman–Crippen MR) is 142 cm³/mol. The first-order chi connectivity index (χ1) is 15.5. The second-order valence-electron chi connectivity index (χ2n) is 9.65. The Morgan fingerprint density at radius 3 is 1.31 bits per heavy atom. The topological polar surface area (TPSA) is 68.3 Å². The Labute approximate surface area is 203 Å². The quantitative estimate of drug-likeness (QED) is 0.126. The van der Waals surface area contributed by atoms with Crippen molar-refractivity contribution >= 4 is 8.53 Å². The number of nitrogens with zero attached hydrogens (tertiary/aromatic N) is 1. The van der Waals surface area contributed by atoms with Crippen LogP contribution in [-0.4, -0.2) is 13.2 Å². The molecular weight excluding hydrogens is 415 g/mol. The number of unbranched alkanes of at least 4 members (excludes halogenated alkanes) is 15. The van der Waals surface area contributed by atoms with E-state index in [-0.39, 0.29) is 0 Å². The van der Waals surface area contributed by atoms with Gasteiger partial charge in [0.2, 0.25) is 0 Å². The smallest absolute Gasteiger partial charge is 0.252 e. The van der Waals surface area contributed by atoms with E-state index in [0.29, 0.717) is 19.6 Å². The summed E-state index contributed by atoms with van der Waals surface area (Å²) in [5, 5.41) is 8.41. The number of hydrogen-bond donors (Lipinski definition) is 1. The second kappa shape index (κ2) is 28.8. The van der Waals surface area contributed by atoms with E-state index in [2.05, 4.69) is 34.6 Å². The van der Waals surface area contributed by atoms with Crippen LogP contribution in [0.25, 0.3) is 0 Å². The standard InChI is InChI=1S/C21H43N2O2P.C6H14/c1-2-3-4-5-6-7-8-9-10-11-12-13-14-15-16-17-20-24-26(23)25-21-18-19-22;1-5(2)6(3)4/h2-18,20-21,23H2,1H3;5-6H,1-4H3. The second-order valence-corrected chi connectivity index (χ2v) is 10.7. The number of rotatable bonds is 22. The zero-order chi connectivity index (χ0) is 24.3. The molecule has 0 fully saturated rings. The lowest BCUT2D eigenvalue weighted by Gasteiger charge is -2.10. The number of nitrogens with two attached hydrogens (primary N) is 1. The minimum Gasteiger partial charge on any atom is -0.322 e. The molecule has 0 aliphatic rings. The highest BCUT2D eigenvalue weighted by molar-refractivity contribution is 7.44. The van der Waals surface area contributed by atoms with Crippen molar-refractivity contribution in [2.75, 3.05) is 13.2 Å². The molecular formula is C27H57N2O2P. The van der Waals surface area contributed by atoms with Crippen molar-refractivity contribution in [2.24, 2.45) is 17.3 Å². The van der Waals surface area contributed by atoms with E-state index in [9.17, 15) is 0 Å². The van der Waals surface area contributed by atoms with Crippen molar-refractivity contribution in [1.29, 1.82) is 5.26 Å². The molecule has 0 saturated carbocycles. The Bertz CT molecular complexity index is 380. The first-order valence-electron chi connectivity index (χ1n) is 13.6. The van der Waals surface area contributed by atoms with Gasteiger partial charge >= 0.3 is 0 Å². The largest absolute Gasteiger partial charge is 0.322 e. The number of hydrogen-bond acceptors (Lipinski definition) is 4. The first-order valence-corrected chi connectivity index (χ1v) is 14.9. The van der Waals surface area contributed by atoms with E-state index in [0.717, 1.165) is 18.3 Å². The van der Waals surface area contributed by atoms with Gasteiger partial charge in [-0.1, -0.05) is 131 Å². The summed E-state index contributed by atoms with van der Waals surface area (Å²) in [5.41, 5.74) is 5.69. The Hall–Kier alpha value is -0.200. The lowest BCUT2D eigenvalue weighted by molar-refractivity contribution is 0.248. The molecule has 0 aliphatic heterocycles. The summed E-state index contributed by atoms with van der Waals surface area (Å²) in [7, 11) is -1.29. The van der Waals surface area contributed by atoms with Gasteiger partial charge in [0.15, 0.2) is 0 Å². The van der Waals surface area contributed by atoms with Gasteiger partial charge in [-0.05, 0) is 18.3 Å². The Morgan fingerprint density at radius 2 is 0.969 bits per heavy atom. The summed E-state index contributed by atoms with van der Waals surface area (Å²) in [4.78, 5) is 0. The molecule has 1 atom stereocenters. The van der Waals surface area contributed by atoms with E-state index in [1.165, 1.54) is 96.3 Å². The molecule has 0 aromatic heterocycles. The van der Waals surface area contributed by atoms with Crippen LogP contribution in [0.5, 0.6) is 0 Å². The van der Waals surface area contributed by atoms with Gasteiger partial charge in [-0.2, -0.15) is 5.26 Å². The maximum Gasteiger partial charge on any atom is 0.252 e. The Kier molecular flexibility index (Phi) is 30.6. The molecule has 0 amide bonds. The highest BCUT2D eigenvalue weighted by Crippen LogP contribution is 2.28. The first kappa shape index (κ1) is 34.0. The Morgan fingerprint density at radius 1 is 0.625 bits per heavy atom. The molecule has 0 aliphatic carbocycles. The van der Waals surface area contributed by atoms with Crippen molar-refractivity contribution < 1.29 is 9.05 Å². The third-order valence-electron chi connectivity index (χ3n) is 5.98. The van der Waals surface area contributed by atoms with Crippen molar-refractivity contribution in [3.05, 3.63) is 0 Å². The molecule has 32 heavy (non-hydrogen) atoms. The van der Waals surface area contributed by atoms with E-state index in [1.54, 1.807) is 0 Å². The third-order valence-corrected chi connectivity index (χ3v) is 6.86. The summed E-state index contributed by atoms with van der Waals surface area (Å²) in [6, 6.07) is 2.02. The minimum absolute atomic E-state index is 0.373. The highest BCUT2D eigenvalue weighted by Gasteiger charge is 2.03. The predicted octanol–water partition coefficient (Wildman–Crippen LogP) is 9.68. The fourth-order valence-electron chi connectivity index (χ4n) is 3.02. The van der Waals surface area contributed by atoms with Gasteiger partial charge in [0, 0.05) is 0 Å². The fraction of sp³-hybridized carbons (Fsp3) is 0.963. The van der Waals surface area contributed by atoms with E-state index < -0.39 is 8.53 Å². The molecule has 0 saturated heterocycles. The summed E-state index contributed by atoms with van der Waals surface area (Å²) < 4.78 is 10.6. The van der Waals surface area contributed by atoms with Crippen molar-refractivity contribution in [2.45, 2.75) is 144 Å². The molecule has 1 unspecified atom stereocenters. The normalized spacial score (nSPS) is 12.0. The van der Waals surface area contributed by atoms with Gasteiger partial charge in [-0.15, -0.1) is 0 Å². The van der Waals surface area contributed by atoms with Gasteiger partial charge < -0.3 is 9.05 Å².